The highest BCUT2D eigenvalue weighted by molar-refractivity contribution is 6.09. The van der Waals surface area contributed by atoms with Crippen molar-refractivity contribution in [3.05, 3.63) is 71.3 Å². The summed E-state index contributed by atoms with van der Waals surface area (Å²) in [7, 11) is 0. The van der Waals surface area contributed by atoms with Gasteiger partial charge in [-0.1, -0.05) is 13.5 Å². The number of fused-ring (bicyclic) bond motifs is 2. The standard InChI is InChI=1S/C24H24F2N8/c1-4-33-12-17(13-33)29-28-10-14(2)16-7-19-21(27-11-16)9-20(25)18(24(19)26)8-23-31-30-22-6-5-15(3)32-34(22)23/h5-7,9-11,17,29H,2,4,8,12-13H2,1,3H3/b28-10-. The average Bonchev–Trinajstić information content (AvgIpc) is 3.19. The Morgan fingerprint density at radius 1 is 1.26 bits per heavy atom. The lowest BCUT2D eigenvalue weighted by Gasteiger charge is -2.37. The molecule has 0 bridgehead atoms. The molecule has 0 amide bonds. The van der Waals surface area contributed by atoms with E-state index in [0.717, 1.165) is 25.3 Å². The Morgan fingerprint density at radius 2 is 2.09 bits per heavy atom. The van der Waals surface area contributed by atoms with Crippen LogP contribution in [0, 0.1) is 18.6 Å². The first-order valence-electron chi connectivity index (χ1n) is 11.1. The summed E-state index contributed by atoms with van der Waals surface area (Å²) in [6.07, 6.45) is 3.03. The van der Waals surface area contributed by atoms with Crippen LogP contribution in [0.5, 0.6) is 0 Å². The van der Waals surface area contributed by atoms with Crippen LogP contribution in [0.15, 0.2) is 42.1 Å². The van der Waals surface area contributed by atoms with Crippen LogP contribution < -0.4 is 5.43 Å². The van der Waals surface area contributed by atoms with Crippen molar-refractivity contribution in [2.75, 3.05) is 19.6 Å². The number of likely N-dealkylation sites (tertiary alicyclic amines) is 1. The van der Waals surface area contributed by atoms with Gasteiger partial charge in [0.05, 0.1) is 23.5 Å². The number of benzene rings is 1. The highest BCUT2D eigenvalue weighted by Gasteiger charge is 2.24. The second-order valence-corrected chi connectivity index (χ2v) is 8.44. The number of aryl methyl sites for hydroxylation is 1. The monoisotopic (exact) mass is 462 g/mol. The number of halogens is 2. The van der Waals surface area contributed by atoms with E-state index in [4.69, 9.17) is 0 Å². The van der Waals surface area contributed by atoms with E-state index in [9.17, 15) is 4.39 Å². The number of rotatable bonds is 7. The maximum Gasteiger partial charge on any atom is 0.177 e. The third-order valence-corrected chi connectivity index (χ3v) is 6.02. The molecule has 1 aromatic carbocycles. The smallest absolute Gasteiger partial charge is 0.177 e. The minimum atomic E-state index is -0.694. The fraction of sp³-hybridized carbons (Fsp3) is 0.292. The van der Waals surface area contributed by atoms with Crippen LogP contribution in [0.4, 0.5) is 8.78 Å². The molecule has 34 heavy (non-hydrogen) atoms. The lowest BCUT2D eigenvalue weighted by molar-refractivity contribution is 0.135. The Kier molecular flexibility index (Phi) is 5.74. The van der Waals surface area contributed by atoms with Gasteiger partial charge in [0, 0.05) is 48.3 Å². The van der Waals surface area contributed by atoms with E-state index in [1.54, 1.807) is 24.4 Å². The summed E-state index contributed by atoms with van der Waals surface area (Å²) in [5.74, 6) is -1.04. The molecule has 1 aliphatic heterocycles. The molecule has 1 saturated heterocycles. The van der Waals surface area contributed by atoms with E-state index >= 15 is 4.39 Å². The zero-order valence-electron chi connectivity index (χ0n) is 19.0. The van der Waals surface area contributed by atoms with Crippen molar-refractivity contribution in [1.82, 2.24) is 35.1 Å². The third-order valence-electron chi connectivity index (χ3n) is 6.02. The van der Waals surface area contributed by atoms with Crippen LogP contribution in [0.25, 0.3) is 22.1 Å². The van der Waals surface area contributed by atoms with Gasteiger partial charge in [-0.15, -0.1) is 10.2 Å². The van der Waals surface area contributed by atoms with E-state index in [1.165, 1.54) is 16.8 Å². The van der Waals surface area contributed by atoms with Gasteiger partial charge >= 0.3 is 0 Å². The van der Waals surface area contributed by atoms with Gasteiger partial charge in [0.25, 0.3) is 0 Å². The van der Waals surface area contributed by atoms with Gasteiger partial charge in [0.15, 0.2) is 11.5 Å². The maximum atomic E-state index is 15.5. The van der Waals surface area contributed by atoms with Crippen molar-refractivity contribution in [1.29, 1.82) is 0 Å². The molecule has 0 saturated carbocycles. The van der Waals surface area contributed by atoms with Crippen LogP contribution >= 0.6 is 0 Å². The van der Waals surface area contributed by atoms with Crippen molar-refractivity contribution in [2.24, 2.45) is 5.10 Å². The Hall–Kier alpha value is -3.79. The number of hydrogen-bond acceptors (Lipinski definition) is 7. The molecule has 10 heteroatoms. The summed E-state index contributed by atoms with van der Waals surface area (Å²) in [6.45, 7) is 10.9. The zero-order chi connectivity index (χ0) is 23.8. The van der Waals surface area contributed by atoms with Gasteiger partial charge in [-0.2, -0.15) is 14.7 Å². The van der Waals surface area contributed by atoms with Crippen LogP contribution in [0.3, 0.4) is 0 Å². The third kappa shape index (κ3) is 4.12. The number of hydrazone groups is 1. The van der Waals surface area contributed by atoms with Crippen LogP contribution in [0.1, 0.15) is 29.6 Å². The molecule has 0 spiro atoms. The van der Waals surface area contributed by atoms with Gasteiger partial charge in [-0.3, -0.25) is 9.88 Å². The molecule has 4 aromatic rings. The first-order valence-corrected chi connectivity index (χ1v) is 11.1. The molecule has 1 fully saturated rings. The van der Waals surface area contributed by atoms with E-state index in [-0.39, 0.29) is 22.9 Å². The molecular formula is C24H24F2N8. The van der Waals surface area contributed by atoms with E-state index in [2.05, 4.69) is 49.2 Å². The minimum absolute atomic E-state index is 0.0993. The lowest BCUT2D eigenvalue weighted by Crippen LogP contribution is -2.56. The normalized spacial score (nSPS) is 14.8. The fourth-order valence-corrected chi connectivity index (χ4v) is 3.98. The summed E-state index contributed by atoms with van der Waals surface area (Å²) in [5.41, 5.74) is 5.63. The SMILES string of the molecule is C=C(/C=N\NC1CN(CC)C1)c1cnc2cc(F)c(Cc3nnc4ccc(C)nn34)c(F)c2c1. The minimum Gasteiger partial charge on any atom is -0.304 e. The second-order valence-electron chi connectivity index (χ2n) is 8.44. The molecular weight excluding hydrogens is 438 g/mol. The number of likely N-dealkylation sites (N-methyl/N-ethyl adjacent to an activating group) is 1. The first-order chi connectivity index (χ1) is 16.4. The summed E-state index contributed by atoms with van der Waals surface area (Å²) in [6, 6.07) is 6.72. The molecule has 4 heterocycles. The van der Waals surface area contributed by atoms with Crippen molar-refractivity contribution in [3.63, 3.8) is 0 Å². The van der Waals surface area contributed by atoms with E-state index in [1.807, 2.05) is 6.92 Å². The van der Waals surface area contributed by atoms with E-state index < -0.39 is 11.6 Å². The van der Waals surface area contributed by atoms with E-state index in [0.29, 0.717) is 28.6 Å². The zero-order valence-corrected chi connectivity index (χ0v) is 19.0. The summed E-state index contributed by atoms with van der Waals surface area (Å²) in [4.78, 5) is 6.54. The maximum absolute atomic E-state index is 15.5. The van der Waals surface area contributed by atoms with Gasteiger partial charge in [-0.25, -0.2) is 8.78 Å². The van der Waals surface area contributed by atoms with Gasteiger partial charge in [0.2, 0.25) is 0 Å². The van der Waals surface area contributed by atoms with Crippen molar-refractivity contribution in [2.45, 2.75) is 26.3 Å². The number of nitrogens with zero attached hydrogens (tertiary/aromatic N) is 7. The fourth-order valence-electron chi connectivity index (χ4n) is 3.98. The predicted molar refractivity (Wildman–Crippen MR) is 127 cm³/mol. The van der Waals surface area contributed by atoms with Crippen LogP contribution in [0.2, 0.25) is 0 Å². The summed E-state index contributed by atoms with van der Waals surface area (Å²) >= 11 is 0. The Balaban J connectivity index is 1.40. The number of allylic oxidation sites excluding steroid dienone is 1. The molecule has 1 N–H and O–H groups in total. The number of hydrogen-bond donors (Lipinski definition) is 1. The van der Waals surface area contributed by atoms with Gasteiger partial charge < -0.3 is 5.43 Å². The number of pyridine rings is 1. The molecule has 0 atom stereocenters. The molecule has 0 aliphatic carbocycles. The number of nitrogens with one attached hydrogen (secondary N) is 1. The van der Waals surface area contributed by atoms with Crippen LogP contribution in [-0.4, -0.2) is 61.6 Å². The summed E-state index contributed by atoms with van der Waals surface area (Å²) in [5, 5.41) is 16.9. The highest BCUT2D eigenvalue weighted by atomic mass is 19.1. The molecule has 8 nitrogen and oxygen atoms in total. The molecule has 5 rings (SSSR count). The quantitative estimate of drug-likeness (QED) is 0.336. The largest absolute Gasteiger partial charge is 0.304 e. The second kappa shape index (κ2) is 8.86. The Morgan fingerprint density at radius 3 is 2.88 bits per heavy atom. The van der Waals surface area contributed by atoms with Gasteiger partial charge in [0.1, 0.15) is 11.6 Å². The topological polar surface area (TPSA) is 83.6 Å². The van der Waals surface area contributed by atoms with Crippen molar-refractivity contribution >= 4 is 28.3 Å². The molecule has 0 unspecified atom stereocenters. The van der Waals surface area contributed by atoms with Crippen molar-refractivity contribution in [3.8, 4) is 0 Å². The molecule has 0 radical (unpaired) electrons. The summed E-state index contributed by atoms with van der Waals surface area (Å²) < 4.78 is 31.8. The predicted octanol–water partition coefficient (Wildman–Crippen LogP) is 3.14. The molecule has 174 valence electrons. The highest BCUT2D eigenvalue weighted by Crippen LogP contribution is 2.27. The molecule has 1 aliphatic rings. The van der Waals surface area contributed by atoms with Gasteiger partial charge in [-0.05, 0) is 37.2 Å². The Labute approximate surface area is 195 Å². The first kappa shape index (κ1) is 22.0. The molecule has 3 aromatic heterocycles. The van der Waals surface area contributed by atoms with Crippen molar-refractivity contribution < 1.29 is 8.78 Å². The lowest BCUT2D eigenvalue weighted by atomic mass is 10.0. The number of aromatic nitrogens is 5. The van der Waals surface area contributed by atoms with Crippen LogP contribution in [-0.2, 0) is 6.42 Å². The Bertz CT molecular complexity index is 1420. The average molecular weight is 463 g/mol.